The third-order valence-electron chi connectivity index (χ3n) is 4.16. The molecule has 8 heteroatoms. The fraction of sp³-hybridized carbons (Fsp3) is 0.278. The predicted molar refractivity (Wildman–Crippen MR) is 98.9 cm³/mol. The highest BCUT2D eigenvalue weighted by molar-refractivity contribution is 7.16. The first kappa shape index (κ1) is 17.9. The minimum absolute atomic E-state index is 0.0695. The summed E-state index contributed by atoms with van der Waals surface area (Å²) < 4.78 is 11.4. The van der Waals surface area contributed by atoms with Crippen molar-refractivity contribution >= 4 is 39.3 Å². The number of carbonyl (C=O) groups excluding carboxylic acids is 2. The maximum atomic E-state index is 12.3. The molecule has 0 saturated heterocycles. The molecule has 3 aromatic rings. The van der Waals surface area contributed by atoms with E-state index >= 15 is 0 Å². The largest absolute Gasteiger partial charge is 0.465 e. The molecule has 1 N–H and O–H groups in total. The number of aryl methyl sites for hydroxylation is 2. The summed E-state index contributed by atoms with van der Waals surface area (Å²) in [5.74, 6) is -1.29. The zero-order valence-corrected chi connectivity index (χ0v) is 15.4. The Morgan fingerprint density at radius 1 is 1.27 bits per heavy atom. The van der Waals surface area contributed by atoms with Crippen LogP contribution in [0.1, 0.15) is 27.2 Å². The van der Waals surface area contributed by atoms with Gasteiger partial charge in [0, 0.05) is 17.8 Å². The van der Waals surface area contributed by atoms with Crippen molar-refractivity contribution in [3.63, 3.8) is 0 Å². The number of methoxy groups -OCH3 is 1. The number of rotatable bonds is 5. The Bertz CT molecular complexity index is 1040. The lowest BCUT2D eigenvalue weighted by Crippen LogP contribution is -2.20. The molecule has 1 aromatic carbocycles. The van der Waals surface area contributed by atoms with Crippen LogP contribution in [0.25, 0.3) is 11.1 Å². The zero-order chi connectivity index (χ0) is 18.8. The Morgan fingerprint density at radius 3 is 2.73 bits per heavy atom. The molecule has 0 aliphatic heterocycles. The minimum atomic E-state index is -0.503. The second-order valence-corrected chi connectivity index (χ2v) is 6.99. The van der Waals surface area contributed by atoms with Crippen LogP contribution < -0.4 is 11.1 Å². The van der Waals surface area contributed by atoms with Gasteiger partial charge in [-0.2, -0.15) is 0 Å². The number of fused-ring (bicyclic) bond motifs is 1. The van der Waals surface area contributed by atoms with E-state index in [2.05, 4.69) is 5.32 Å². The molecular formula is C18H18N2O5S. The summed E-state index contributed by atoms with van der Waals surface area (Å²) in [4.78, 5) is 37.2. The quantitative estimate of drug-likeness (QED) is 0.693. The average molecular weight is 374 g/mol. The number of oxazole rings is 1. The van der Waals surface area contributed by atoms with E-state index in [9.17, 15) is 14.4 Å². The smallest absolute Gasteiger partial charge is 0.419 e. The van der Waals surface area contributed by atoms with E-state index in [4.69, 9.17) is 9.15 Å². The van der Waals surface area contributed by atoms with Gasteiger partial charge in [0.15, 0.2) is 5.58 Å². The van der Waals surface area contributed by atoms with Crippen molar-refractivity contribution in [1.82, 2.24) is 4.57 Å². The van der Waals surface area contributed by atoms with E-state index in [0.717, 1.165) is 10.4 Å². The number of nitrogens with zero attached hydrogens (tertiary/aromatic N) is 1. The summed E-state index contributed by atoms with van der Waals surface area (Å²) in [6, 6.07) is 7.04. The van der Waals surface area contributed by atoms with Gasteiger partial charge >= 0.3 is 11.7 Å². The Kier molecular flexibility index (Phi) is 4.94. The lowest BCUT2D eigenvalue weighted by Gasteiger charge is -2.06. The van der Waals surface area contributed by atoms with Crippen molar-refractivity contribution in [3.8, 4) is 0 Å². The minimum Gasteiger partial charge on any atom is -0.465 e. The number of amides is 1. The van der Waals surface area contributed by atoms with E-state index in [1.165, 1.54) is 23.0 Å². The number of aromatic nitrogens is 1. The summed E-state index contributed by atoms with van der Waals surface area (Å²) in [5, 5.41) is 3.21. The molecule has 3 rings (SSSR count). The van der Waals surface area contributed by atoms with Gasteiger partial charge in [-0.25, -0.2) is 9.59 Å². The normalized spacial score (nSPS) is 10.9. The summed E-state index contributed by atoms with van der Waals surface area (Å²) in [7, 11) is 1.30. The summed E-state index contributed by atoms with van der Waals surface area (Å²) in [6.45, 7) is 3.86. The van der Waals surface area contributed by atoms with Crippen LogP contribution in [-0.4, -0.2) is 23.6 Å². The van der Waals surface area contributed by atoms with Gasteiger partial charge < -0.3 is 14.5 Å². The number of ether oxygens (including phenoxy) is 1. The lowest BCUT2D eigenvalue weighted by molar-refractivity contribution is -0.116. The van der Waals surface area contributed by atoms with Crippen LogP contribution in [0.3, 0.4) is 0 Å². The Balaban J connectivity index is 1.76. The number of thiophene rings is 1. The first-order valence-electron chi connectivity index (χ1n) is 7.99. The average Bonchev–Trinajstić information content (AvgIpc) is 3.08. The van der Waals surface area contributed by atoms with Crippen molar-refractivity contribution in [1.29, 1.82) is 0 Å². The number of hydrogen-bond donors (Lipinski definition) is 1. The third-order valence-corrected chi connectivity index (χ3v) is 5.29. The molecule has 26 heavy (non-hydrogen) atoms. The van der Waals surface area contributed by atoms with E-state index in [1.54, 1.807) is 24.3 Å². The molecule has 7 nitrogen and oxygen atoms in total. The van der Waals surface area contributed by atoms with Crippen LogP contribution in [0.5, 0.6) is 0 Å². The van der Waals surface area contributed by atoms with Gasteiger partial charge in [0.1, 0.15) is 5.00 Å². The molecular weight excluding hydrogens is 356 g/mol. The monoisotopic (exact) mass is 374 g/mol. The fourth-order valence-electron chi connectivity index (χ4n) is 2.69. The standard InChI is InChI=1S/C18H18N2O5S/c1-10-11(2)26-16(15(10)17(22)24-3)19-14(21)8-9-20-12-6-4-5-7-13(12)25-18(20)23/h4-7H,8-9H2,1-3H3,(H,19,21). The number of carbonyl (C=O) groups is 2. The van der Waals surface area contributed by atoms with Gasteiger partial charge in [-0.15, -0.1) is 11.3 Å². The molecule has 2 heterocycles. The molecule has 0 unspecified atom stereocenters. The van der Waals surface area contributed by atoms with Gasteiger partial charge in [0.25, 0.3) is 0 Å². The van der Waals surface area contributed by atoms with Crippen LogP contribution in [0, 0.1) is 13.8 Å². The topological polar surface area (TPSA) is 90.5 Å². The van der Waals surface area contributed by atoms with Gasteiger partial charge in [-0.3, -0.25) is 9.36 Å². The molecule has 0 saturated carbocycles. The van der Waals surface area contributed by atoms with Crippen LogP contribution >= 0.6 is 11.3 Å². The Labute approximate surface area is 153 Å². The summed E-state index contributed by atoms with van der Waals surface area (Å²) >= 11 is 1.32. The molecule has 0 spiro atoms. The maximum Gasteiger partial charge on any atom is 0.419 e. The molecule has 0 fully saturated rings. The van der Waals surface area contributed by atoms with Crippen LogP contribution in [0.2, 0.25) is 0 Å². The number of hydrogen-bond acceptors (Lipinski definition) is 6. The molecule has 0 atom stereocenters. The van der Waals surface area contributed by atoms with Crippen molar-refractivity contribution < 1.29 is 18.7 Å². The van der Waals surface area contributed by atoms with Gasteiger partial charge in [0.05, 0.1) is 18.2 Å². The number of anilines is 1. The highest BCUT2D eigenvalue weighted by Gasteiger charge is 2.21. The zero-order valence-electron chi connectivity index (χ0n) is 14.6. The Hall–Kier alpha value is -2.87. The summed E-state index contributed by atoms with van der Waals surface area (Å²) in [6.07, 6.45) is 0.0695. The number of esters is 1. The second kappa shape index (κ2) is 7.17. The van der Waals surface area contributed by atoms with Crippen molar-refractivity contribution in [2.24, 2.45) is 0 Å². The number of benzene rings is 1. The molecule has 136 valence electrons. The second-order valence-electron chi connectivity index (χ2n) is 5.76. The van der Waals surface area contributed by atoms with Gasteiger partial charge in [-0.05, 0) is 31.5 Å². The van der Waals surface area contributed by atoms with Crippen molar-refractivity contribution in [2.75, 3.05) is 12.4 Å². The summed E-state index contributed by atoms with van der Waals surface area (Å²) in [5.41, 5.74) is 2.28. The maximum absolute atomic E-state index is 12.3. The van der Waals surface area contributed by atoms with E-state index in [0.29, 0.717) is 21.7 Å². The SMILES string of the molecule is COC(=O)c1c(NC(=O)CCn2c(=O)oc3ccccc32)sc(C)c1C. The molecule has 1 amide bonds. The number of para-hydroxylation sites is 2. The van der Waals surface area contributed by atoms with Crippen molar-refractivity contribution in [3.05, 3.63) is 50.8 Å². The first-order chi connectivity index (χ1) is 12.4. The molecule has 0 bridgehead atoms. The molecule has 0 aliphatic rings. The predicted octanol–water partition coefficient (Wildman–Crippen LogP) is 3.09. The number of nitrogens with one attached hydrogen (secondary N) is 1. The van der Waals surface area contributed by atoms with E-state index < -0.39 is 11.7 Å². The van der Waals surface area contributed by atoms with Gasteiger partial charge in [-0.1, -0.05) is 12.1 Å². The highest BCUT2D eigenvalue weighted by Crippen LogP contribution is 2.33. The molecule has 2 aromatic heterocycles. The van der Waals surface area contributed by atoms with Crippen LogP contribution in [0.4, 0.5) is 5.00 Å². The Morgan fingerprint density at radius 2 is 2.00 bits per heavy atom. The fourth-order valence-corrected chi connectivity index (χ4v) is 3.76. The highest BCUT2D eigenvalue weighted by atomic mass is 32.1. The van der Waals surface area contributed by atoms with E-state index in [-0.39, 0.29) is 18.9 Å². The van der Waals surface area contributed by atoms with E-state index in [1.807, 2.05) is 13.8 Å². The van der Waals surface area contributed by atoms with Crippen molar-refractivity contribution in [2.45, 2.75) is 26.8 Å². The molecule has 0 aliphatic carbocycles. The van der Waals surface area contributed by atoms with Crippen LogP contribution in [0.15, 0.2) is 33.5 Å². The first-order valence-corrected chi connectivity index (χ1v) is 8.80. The van der Waals surface area contributed by atoms with Gasteiger partial charge in [0.2, 0.25) is 5.91 Å². The van der Waals surface area contributed by atoms with Crippen LogP contribution in [-0.2, 0) is 16.1 Å². The lowest BCUT2D eigenvalue weighted by atomic mass is 10.1. The molecule has 0 radical (unpaired) electrons. The third kappa shape index (κ3) is 3.28.